The largest absolute Gasteiger partial charge is 0.444 e. The molecule has 0 aliphatic heterocycles. The predicted molar refractivity (Wildman–Crippen MR) is 96.5 cm³/mol. The summed E-state index contributed by atoms with van der Waals surface area (Å²) >= 11 is 0. The van der Waals surface area contributed by atoms with Crippen molar-refractivity contribution in [2.45, 2.75) is 52.6 Å². The van der Waals surface area contributed by atoms with Crippen molar-refractivity contribution in [2.24, 2.45) is 0 Å². The molecule has 3 N–H and O–H groups in total. The fourth-order valence-electron chi connectivity index (χ4n) is 2.11. The number of nitrogens with two attached hydrogens (primary N) is 1. The van der Waals surface area contributed by atoms with E-state index in [-0.39, 0.29) is 5.41 Å². The summed E-state index contributed by atoms with van der Waals surface area (Å²) in [5.41, 5.74) is 7.76. The number of anilines is 2. The summed E-state index contributed by atoms with van der Waals surface area (Å²) in [5, 5.41) is 7.30. The summed E-state index contributed by atoms with van der Waals surface area (Å²) in [5.74, 6) is 0.550. The van der Waals surface area contributed by atoms with E-state index in [1.165, 1.54) is 0 Å². The molecule has 0 aliphatic carbocycles. The van der Waals surface area contributed by atoms with Crippen molar-refractivity contribution in [3.63, 3.8) is 0 Å². The first kappa shape index (κ1) is 17.8. The first-order chi connectivity index (χ1) is 11.0. The van der Waals surface area contributed by atoms with Crippen molar-refractivity contribution in [1.82, 2.24) is 9.78 Å². The molecule has 2 rings (SSSR count). The van der Waals surface area contributed by atoms with Crippen LogP contribution in [0.4, 0.5) is 16.3 Å². The first-order valence-electron chi connectivity index (χ1n) is 7.92. The lowest BCUT2D eigenvalue weighted by Gasteiger charge is -2.19. The van der Waals surface area contributed by atoms with Gasteiger partial charge >= 0.3 is 6.09 Å². The molecule has 130 valence electrons. The minimum Gasteiger partial charge on any atom is -0.444 e. The third kappa shape index (κ3) is 4.50. The topological polar surface area (TPSA) is 82.2 Å². The Kier molecular flexibility index (Phi) is 4.60. The monoisotopic (exact) mass is 330 g/mol. The summed E-state index contributed by atoms with van der Waals surface area (Å²) in [6.45, 7) is 11.7. The lowest BCUT2D eigenvalue weighted by atomic mass is 9.92. The number of rotatable bonds is 2. The van der Waals surface area contributed by atoms with Crippen LogP contribution in [0, 0.1) is 0 Å². The van der Waals surface area contributed by atoms with Gasteiger partial charge in [-0.05, 0) is 39.0 Å². The Morgan fingerprint density at radius 3 is 2.38 bits per heavy atom. The van der Waals surface area contributed by atoms with Gasteiger partial charge in [-0.25, -0.2) is 9.48 Å². The molecule has 0 radical (unpaired) electrons. The fraction of sp³-hybridized carbons (Fsp3) is 0.444. The van der Waals surface area contributed by atoms with Crippen LogP contribution in [0.25, 0.3) is 5.69 Å². The molecule has 0 saturated carbocycles. The SMILES string of the molecule is CC(C)(C)OC(=O)Nc1cccc(-n2nc(C(C)(C)C)cc2N)c1. The molecule has 0 bridgehead atoms. The van der Waals surface area contributed by atoms with E-state index in [4.69, 9.17) is 10.5 Å². The average Bonchev–Trinajstić information content (AvgIpc) is 2.78. The third-order valence-electron chi connectivity index (χ3n) is 3.24. The van der Waals surface area contributed by atoms with E-state index in [0.717, 1.165) is 11.4 Å². The van der Waals surface area contributed by atoms with Crippen LogP contribution in [-0.2, 0) is 10.2 Å². The Bertz CT molecular complexity index is 736. The number of nitrogens with one attached hydrogen (secondary N) is 1. The summed E-state index contributed by atoms with van der Waals surface area (Å²) in [4.78, 5) is 11.9. The predicted octanol–water partition coefficient (Wildman–Crippen LogP) is 4.10. The molecular formula is C18H26N4O2. The molecule has 0 atom stereocenters. The van der Waals surface area contributed by atoms with Gasteiger partial charge in [-0.2, -0.15) is 5.10 Å². The molecule has 6 heteroatoms. The second kappa shape index (κ2) is 6.19. The fourth-order valence-corrected chi connectivity index (χ4v) is 2.11. The van der Waals surface area contributed by atoms with Crippen LogP contribution in [0.15, 0.2) is 30.3 Å². The number of nitrogen functional groups attached to an aromatic ring is 1. The molecule has 0 spiro atoms. The Labute approximate surface area is 143 Å². The van der Waals surface area contributed by atoms with Crippen LogP contribution in [0.1, 0.15) is 47.2 Å². The molecule has 1 amide bonds. The van der Waals surface area contributed by atoms with Gasteiger partial charge in [0.1, 0.15) is 11.4 Å². The Balaban J connectivity index is 2.25. The van der Waals surface area contributed by atoms with Gasteiger partial charge in [0.2, 0.25) is 0 Å². The summed E-state index contributed by atoms with van der Waals surface area (Å²) < 4.78 is 6.93. The molecule has 2 aromatic rings. The molecule has 0 saturated heterocycles. The lowest BCUT2D eigenvalue weighted by molar-refractivity contribution is 0.0636. The van der Waals surface area contributed by atoms with Crippen LogP contribution in [-0.4, -0.2) is 21.5 Å². The number of carbonyl (C=O) groups excluding carboxylic acids is 1. The molecule has 0 fully saturated rings. The smallest absolute Gasteiger partial charge is 0.412 e. The number of ether oxygens (including phenoxy) is 1. The van der Waals surface area contributed by atoms with Crippen molar-refractivity contribution in [3.8, 4) is 5.69 Å². The number of carbonyl (C=O) groups is 1. The zero-order valence-corrected chi connectivity index (χ0v) is 15.2. The highest BCUT2D eigenvalue weighted by molar-refractivity contribution is 5.85. The van der Waals surface area contributed by atoms with E-state index in [2.05, 4.69) is 31.2 Å². The molecule has 24 heavy (non-hydrogen) atoms. The molecule has 6 nitrogen and oxygen atoms in total. The number of amides is 1. The number of aromatic nitrogens is 2. The van der Waals surface area contributed by atoms with E-state index in [1.54, 1.807) is 16.8 Å². The highest BCUT2D eigenvalue weighted by Gasteiger charge is 2.20. The van der Waals surface area contributed by atoms with E-state index in [1.807, 2.05) is 39.0 Å². The zero-order chi connectivity index (χ0) is 18.1. The summed E-state index contributed by atoms with van der Waals surface area (Å²) in [7, 11) is 0. The summed E-state index contributed by atoms with van der Waals surface area (Å²) in [6.07, 6.45) is -0.497. The van der Waals surface area contributed by atoms with Gasteiger partial charge in [0.25, 0.3) is 0 Å². The van der Waals surface area contributed by atoms with Crippen LogP contribution >= 0.6 is 0 Å². The molecule has 0 unspecified atom stereocenters. The van der Waals surface area contributed by atoms with Crippen LogP contribution in [0.3, 0.4) is 0 Å². The van der Waals surface area contributed by atoms with Gasteiger partial charge in [-0.15, -0.1) is 0 Å². The molecule has 1 heterocycles. The van der Waals surface area contributed by atoms with E-state index >= 15 is 0 Å². The van der Waals surface area contributed by atoms with Crippen LogP contribution in [0.5, 0.6) is 0 Å². The first-order valence-corrected chi connectivity index (χ1v) is 7.92. The second-order valence-electron chi connectivity index (χ2n) is 7.79. The maximum Gasteiger partial charge on any atom is 0.412 e. The highest BCUT2D eigenvalue weighted by Crippen LogP contribution is 2.25. The Morgan fingerprint density at radius 2 is 1.83 bits per heavy atom. The Hall–Kier alpha value is -2.50. The summed E-state index contributed by atoms with van der Waals surface area (Å²) in [6, 6.07) is 9.18. The number of hydrogen-bond donors (Lipinski definition) is 2. The van der Waals surface area contributed by atoms with E-state index in [9.17, 15) is 4.79 Å². The van der Waals surface area contributed by atoms with E-state index < -0.39 is 11.7 Å². The highest BCUT2D eigenvalue weighted by atomic mass is 16.6. The molecule has 0 aliphatic rings. The van der Waals surface area contributed by atoms with Gasteiger partial charge < -0.3 is 10.5 Å². The van der Waals surface area contributed by atoms with Gasteiger partial charge in [-0.1, -0.05) is 26.8 Å². The van der Waals surface area contributed by atoms with Crippen molar-refractivity contribution >= 4 is 17.6 Å². The average molecular weight is 330 g/mol. The number of benzene rings is 1. The number of hydrogen-bond acceptors (Lipinski definition) is 4. The van der Waals surface area contributed by atoms with Crippen molar-refractivity contribution in [2.75, 3.05) is 11.1 Å². The van der Waals surface area contributed by atoms with Crippen LogP contribution < -0.4 is 11.1 Å². The van der Waals surface area contributed by atoms with Crippen molar-refractivity contribution < 1.29 is 9.53 Å². The van der Waals surface area contributed by atoms with Gasteiger partial charge in [-0.3, -0.25) is 5.32 Å². The van der Waals surface area contributed by atoms with E-state index in [0.29, 0.717) is 11.5 Å². The molecular weight excluding hydrogens is 304 g/mol. The lowest BCUT2D eigenvalue weighted by Crippen LogP contribution is -2.27. The quantitative estimate of drug-likeness (QED) is 0.868. The zero-order valence-electron chi connectivity index (χ0n) is 15.2. The Morgan fingerprint density at radius 1 is 1.17 bits per heavy atom. The third-order valence-corrected chi connectivity index (χ3v) is 3.24. The van der Waals surface area contributed by atoms with Gasteiger partial charge in [0.15, 0.2) is 0 Å². The normalized spacial score (nSPS) is 12.1. The minimum atomic E-state index is -0.546. The standard InChI is InChI=1S/C18H26N4O2/c1-17(2,3)14-11-15(19)22(21-14)13-9-7-8-12(10-13)20-16(23)24-18(4,5)6/h7-11H,19H2,1-6H3,(H,20,23). The van der Waals surface area contributed by atoms with Crippen LogP contribution in [0.2, 0.25) is 0 Å². The maximum absolute atomic E-state index is 11.9. The maximum atomic E-state index is 11.9. The van der Waals surface area contributed by atoms with Gasteiger partial charge in [0, 0.05) is 17.2 Å². The van der Waals surface area contributed by atoms with Gasteiger partial charge in [0.05, 0.1) is 11.4 Å². The molecule has 1 aromatic heterocycles. The number of nitrogens with zero attached hydrogens (tertiary/aromatic N) is 2. The minimum absolute atomic E-state index is 0.0915. The molecule has 1 aromatic carbocycles. The second-order valence-corrected chi connectivity index (χ2v) is 7.79. The van der Waals surface area contributed by atoms with Crippen molar-refractivity contribution in [1.29, 1.82) is 0 Å². The van der Waals surface area contributed by atoms with Crippen molar-refractivity contribution in [3.05, 3.63) is 36.0 Å².